The molecular formula is C25H30FN3O5. The van der Waals surface area contributed by atoms with Gasteiger partial charge in [0.1, 0.15) is 30.4 Å². The fraction of sp³-hybridized carbons (Fsp3) is 0.400. The largest absolute Gasteiger partial charge is 0.493 e. The molecule has 4 rings (SSSR count). The molecule has 9 heteroatoms. The molecule has 1 saturated heterocycles. The molecule has 8 nitrogen and oxygen atoms in total. The van der Waals surface area contributed by atoms with Gasteiger partial charge in [-0.25, -0.2) is 9.37 Å². The van der Waals surface area contributed by atoms with Crippen LogP contribution in [0, 0.1) is 5.82 Å². The second kappa shape index (κ2) is 11.3. The maximum absolute atomic E-state index is 13.4. The van der Waals surface area contributed by atoms with Gasteiger partial charge in [-0.1, -0.05) is 12.1 Å². The average molecular weight is 472 g/mol. The standard InChI is InChI=1S/C25H30FN3O5/c1-31-24-13-20(5-6-23(24)33-12-10-28-8-7-27-19-28)15-29-9-11-32-17-25(30,16-29)18-34-22-4-2-3-21(26)14-22/h2-8,13-14,19,30H,9-12,15-18H2,1H3. The number of methoxy groups -OCH3 is 1. The van der Waals surface area contributed by atoms with Crippen molar-refractivity contribution in [2.75, 3.05) is 46.6 Å². The van der Waals surface area contributed by atoms with Gasteiger partial charge in [0.25, 0.3) is 0 Å². The summed E-state index contributed by atoms with van der Waals surface area (Å²) < 4.78 is 38.1. The van der Waals surface area contributed by atoms with E-state index in [0.29, 0.717) is 56.6 Å². The molecule has 2 aromatic carbocycles. The first-order valence-corrected chi connectivity index (χ1v) is 11.2. The van der Waals surface area contributed by atoms with Gasteiger partial charge >= 0.3 is 0 Å². The van der Waals surface area contributed by atoms with Gasteiger partial charge in [0.05, 0.1) is 33.2 Å². The smallest absolute Gasteiger partial charge is 0.161 e. The molecule has 0 amide bonds. The van der Waals surface area contributed by atoms with Crippen LogP contribution in [0.15, 0.2) is 61.2 Å². The molecule has 1 aromatic heterocycles. The third kappa shape index (κ3) is 6.69. The zero-order chi connectivity index (χ0) is 23.8. The maximum Gasteiger partial charge on any atom is 0.161 e. The fourth-order valence-electron chi connectivity index (χ4n) is 3.86. The highest BCUT2D eigenvalue weighted by Gasteiger charge is 2.33. The van der Waals surface area contributed by atoms with E-state index in [1.54, 1.807) is 31.8 Å². The van der Waals surface area contributed by atoms with Crippen LogP contribution in [0.5, 0.6) is 17.2 Å². The average Bonchev–Trinajstić information content (AvgIpc) is 3.28. The van der Waals surface area contributed by atoms with E-state index in [1.807, 2.05) is 29.0 Å². The molecule has 1 unspecified atom stereocenters. The van der Waals surface area contributed by atoms with E-state index in [1.165, 1.54) is 12.1 Å². The third-order valence-corrected chi connectivity index (χ3v) is 5.54. The van der Waals surface area contributed by atoms with Gasteiger partial charge in [-0.05, 0) is 29.8 Å². The maximum atomic E-state index is 13.4. The zero-order valence-electron chi connectivity index (χ0n) is 19.2. The molecule has 1 fully saturated rings. The molecule has 0 radical (unpaired) electrons. The lowest BCUT2D eigenvalue weighted by Crippen LogP contribution is -2.48. The predicted octanol–water partition coefficient (Wildman–Crippen LogP) is 2.75. The van der Waals surface area contributed by atoms with Crippen molar-refractivity contribution in [3.05, 3.63) is 72.6 Å². The van der Waals surface area contributed by atoms with Gasteiger partial charge in [-0.15, -0.1) is 0 Å². The van der Waals surface area contributed by atoms with Crippen LogP contribution in [0.2, 0.25) is 0 Å². The molecule has 0 bridgehead atoms. The molecule has 0 spiro atoms. The number of imidazole rings is 1. The first kappa shape index (κ1) is 24.0. The Morgan fingerprint density at radius 2 is 2.09 bits per heavy atom. The number of benzene rings is 2. The first-order chi connectivity index (χ1) is 16.5. The van der Waals surface area contributed by atoms with E-state index in [0.717, 1.165) is 5.56 Å². The molecule has 0 saturated carbocycles. The lowest BCUT2D eigenvalue weighted by molar-refractivity contribution is -0.0647. The van der Waals surface area contributed by atoms with Crippen LogP contribution in [-0.2, 0) is 17.8 Å². The minimum absolute atomic E-state index is 0.0000326. The van der Waals surface area contributed by atoms with Crippen molar-refractivity contribution in [1.29, 1.82) is 0 Å². The van der Waals surface area contributed by atoms with Gasteiger partial charge in [0, 0.05) is 38.1 Å². The van der Waals surface area contributed by atoms with Crippen molar-refractivity contribution >= 4 is 0 Å². The quantitative estimate of drug-likeness (QED) is 0.487. The highest BCUT2D eigenvalue weighted by Crippen LogP contribution is 2.29. The van der Waals surface area contributed by atoms with Crippen LogP contribution in [0.25, 0.3) is 0 Å². The number of aliphatic hydroxyl groups is 1. The van der Waals surface area contributed by atoms with Gasteiger partial charge in [0.15, 0.2) is 11.5 Å². The van der Waals surface area contributed by atoms with E-state index in [9.17, 15) is 9.50 Å². The SMILES string of the molecule is COc1cc(CN2CCOCC(O)(COc3cccc(F)c3)C2)ccc1OCCn1ccnc1. The molecule has 3 aromatic rings. The van der Waals surface area contributed by atoms with Crippen LogP contribution in [0.1, 0.15) is 5.56 Å². The lowest BCUT2D eigenvalue weighted by atomic mass is 10.1. The Labute approximate surface area is 198 Å². The molecule has 1 atom stereocenters. The molecular weight excluding hydrogens is 441 g/mol. The van der Waals surface area contributed by atoms with Gasteiger partial charge in [0.2, 0.25) is 0 Å². The Bertz CT molecular complexity index is 1050. The Morgan fingerprint density at radius 3 is 2.88 bits per heavy atom. The number of rotatable bonds is 10. The normalized spacial score (nSPS) is 18.9. The summed E-state index contributed by atoms with van der Waals surface area (Å²) in [5.41, 5.74) is -0.197. The molecule has 0 aliphatic carbocycles. The lowest BCUT2D eigenvalue weighted by Gasteiger charge is -2.30. The van der Waals surface area contributed by atoms with Crippen molar-refractivity contribution in [3.63, 3.8) is 0 Å². The number of nitrogens with zero attached hydrogens (tertiary/aromatic N) is 3. The molecule has 1 N–H and O–H groups in total. The Kier molecular flexibility index (Phi) is 7.99. The van der Waals surface area contributed by atoms with Gasteiger partial charge in [-0.2, -0.15) is 0 Å². The van der Waals surface area contributed by atoms with Gasteiger partial charge < -0.3 is 28.6 Å². The van der Waals surface area contributed by atoms with Crippen molar-refractivity contribution in [2.45, 2.75) is 18.7 Å². The van der Waals surface area contributed by atoms with E-state index >= 15 is 0 Å². The van der Waals surface area contributed by atoms with Crippen molar-refractivity contribution in [1.82, 2.24) is 14.5 Å². The van der Waals surface area contributed by atoms with E-state index in [2.05, 4.69) is 9.88 Å². The summed E-state index contributed by atoms with van der Waals surface area (Å²) in [6, 6.07) is 11.7. The molecule has 182 valence electrons. The Balaban J connectivity index is 1.35. The Morgan fingerprint density at radius 1 is 1.18 bits per heavy atom. The summed E-state index contributed by atoms with van der Waals surface area (Å²) in [6.45, 7) is 3.43. The van der Waals surface area contributed by atoms with Crippen LogP contribution in [0.4, 0.5) is 4.39 Å². The summed E-state index contributed by atoms with van der Waals surface area (Å²) in [6.07, 6.45) is 5.37. The third-order valence-electron chi connectivity index (χ3n) is 5.54. The minimum atomic E-state index is -1.22. The van der Waals surface area contributed by atoms with E-state index in [4.69, 9.17) is 18.9 Å². The van der Waals surface area contributed by atoms with Gasteiger partial charge in [-0.3, -0.25) is 4.90 Å². The second-order valence-corrected chi connectivity index (χ2v) is 8.37. The van der Waals surface area contributed by atoms with Crippen molar-refractivity contribution in [2.24, 2.45) is 0 Å². The monoisotopic (exact) mass is 471 g/mol. The van der Waals surface area contributed by atoms with Crippen LogP contribution in [0.3, 0.4) is 0 Å². The number of hydrogen-bond acceptors (Lipinski definition) is 7. The zero-order valence-corrected chi connectivity index (χ0v) is 19.2. The predicted molar refractivity (Wildman–Crippen MR) is 124 cm³/mol. The van der Waals surface area contributed by atoms with Crippen LogP contribution in [-0.4, -0.2) is 71.8 Å². The molecule has 1 aliphatic rings. The number of halogens is 1. The highest BCUT2D eigenvalue weighted by atomic mass is 19.1. The number of aromatic nitrogens is 2. The fourth-order valence-corrected chi connectivity index (χ4v) is 3.86. The minimum Gasteiger partial charge on any atom is -0.493 e. The topological polar surface area (TPSA) is 78.2 Å². The summed E-state index contributed by atoms with van der Waals surface area (Å²) in [7, 11) is 1.62. The molecule has 2 heterocycles. The summed E-state index contributed by atoms with van der Waals surface area (Å²) in [4.78, 5) is 6.13. The number of β-amino-alcohol motifs (C(OH)–C–C–N with tert-alkyl or cyclic N) is 1. The summed E-state index contributed by atoms with van der Waals surface area (Å²) in [5.74, 6) is 1.31. The first-order valence-electron chi connectivity index (χ1n) is 11.2. The molecule has 34 heavy (non-hydrogen) atoms. The highest BCUT2D eigenvalue weighted by molar-refractivity contribution is 5.43. The number of hydrogen-bond donors (Lipinski definition) is 1. The van der Waals surface area contributed by atoms with Crippen LogP contribution < -0.4 is 14.2 Å². The van der Waals surface area contributed by atoms with Crippen molar-refractivity contribution < 1.29 is 28.4 Å². The van der Waals surface area contributed by atoms with Crippen molar-refractivity contribution in [3.8, 4) is 17.2 Å². The summed E-state index contributed by atoms with van der Waals surface area (Å²) in [5, 5.41) is 11.1. The van der Waals surface area contributed by atoms with E-state index in [-0.39, 0.29) is 19.0 Å². The summed E-state index contributed by atoms with van der Waals surface area (Å²) >= 11 is 0. The molecule has 1 aliphatic heterocycles. The number of ether oxygens (including phenoxy) is 4. The van der Waals surface area contributed by atoms with Crippen LogP contribution >= 0.6 is 0 Å². The Hall–Kier alpha value is -3.14. The van der Waals surface area contributed by atoms with E-state index < -0.39 is 5.60 Å². The second-order valence-electron chi connectivity index (χ2n) is 8.37.